The fraction of sp³-hybridized carbons (Fsp3) is 0.409. The van der Waals surface area contributed by atoms with Crippen LogP contribution in [0.4, 0.5) is 11.4 Å². The highest BCUT2D eigenvalue weighted by molar-refractivity contribution is 6.00. The van der Waals surface area contributed by atoms with Gasteiger partial charge in [-0.1, -0.05) is 12.1 Å². The first-order valence-electron chi connectivity index (χ1n) is 9.99. The van der Waals surface area contributed by atoms with Crippen molar-refractivity contribution in [3.63, 3.8) is 0 Å². The number of nitrogens with zero attached hydrogens (tertiary/aromatic N) is 2. The van der Waals surface area contributed by atoms with E-state index in [1.807, 2.05) is 53.4 Å². The van der Waals surface area contributed by atoms with Crippen LogP contribution in [0.15, 0.2) is 48.5 Å². The Bertz CT molecular complexity index is 802. The summed E-state index contributed by atoms with van der Waals surface area (Å²) in [6.07, 6.45) is 1.06. The van der Waals surface area contributed by atoms with Crippen LogP contribution in [-0.4, -0.2) is 68.1 Å². The molecule has 28 heavy (non-hydrogen) atoms. The lowest BCUT2D eigenvalue weighted by atomic mass is 10.1. The Morgan fingerprint density at radius 2 is 1.82 bits per heavy atom. The molecule has 0 spiro atoms. The summed E-state index contributed by atoms with van der Waals surface area (Å²) >= 11 is 0. The molecule has 2 aliphatic rings. The third-order valence-corrected chi connectivity index (χ3v) is 5.65. The minimum absolute atomic E-state index is 0.106. The number of hydrogen-bond acceptors (Lipinski definition) is 5. The Balaban J connectivity index is 1.45. The van der Waals surface area contributed by atoms with Crippen molar-refractivity contribution in [1.29, 1.82) is 0 Å². The van der Waals surface area contributed by atoms with E-state index in [9.17, 15) is 4.79 Å². The fourth-order valence-electron chi connectivity index (χ4n) is 4.05. The number of hydrogen-bond donors (Lipinski definition) is 2. The number of methoxy groups -OCH3 is 1. The first kappa shape index (κ1) is 18.8. The molecular weight excluding hydrogens is 352 g/mol. The van der Waals surface area contributed by atoms with Gasteiger partial charge in [0.2, 0.25) is 0 Å². The zero-order valence-electron chi connectivity index (χ0n) is 16.4. The maximum atomic E-state index is 13.2. The van der Waals surface area contributed by atoms with Crippen LogP contribution in [0.1, 0.15) is 16.8 Å². The Labute approximate surface area is 166 Å². The second-order valence-electron chi connectivity index (χ2n) is 7.38. The van der Waals surface area contributed by atoms with Crippen molar-refractivity contribution in [1.82, 2.24) is 15.1 Å². The summed E-state index contributed by atoms with van der Waals surface area (Å²) in [6, 6.07) is 16.0. The zero-order chi connectivity index (χ0) is 19.3. The van der Waals surface area contributed by atoms with E-state index >= 15 is 0 Å². The van der Waals surface area contributed by atoms with Gasteiger partial charge in [-0.25, -0.2) is 0 Å². The van der Waals surface area contributed by atoms with Crippen LogP contribution in [0, 0.1) is 0 Å². The summed E-state index contributed by atoms with van der Waals surface area (Å²) in [5.41, 5.74) is 2.49. The molecule has 6 heteroatoms. The highest BCUT2D eigenvalue weighted by Gasteiger charge is 2.32. The summed E-state index contributed by atoms with van der Waals surface area (Å²) in [7, 11) is 1.65. The lowest BCUT2D eigenvalue weighted by Gasteiger charge is -2.32. The van der Waals surface area contributed by atoms with Gasteiger partial charge in [-0.15, -0.1) is 0 Å². The molecule has 0 radical (unpaired) electrons. The number of amides is 1. The molecule has 2 aromatic carbocycles. The number of carbonyl (C=O) groups excluding carboxylic acids is 1. The number of piperazine rings is 1. The van der Waals surface area contributed by atoms with Gasteiger partial charge in [-0.2, -0.15) is 0 Å². The number of carbonyl (C=O) groups is 1. The van der Waals surface area contributed by atoms with Gasteiger partial charge in [0.1, 0.15) is 5.75 Å². The summed E-state index contributed by atoms with van der Waals surface area (Å²) in [4.78, 5) is 17.7. The molecule has 148 valence electrons. The molecule has 2 aliphatic heterocycles. The van der Waals surface area contributed by atoms with Gasteiger partial charge < -0.3 is 20.3 Å². The minimum atomic E-state index is 0.106. The number of likely N-dealkylation sites (tertiary alicyclic amines) is 1. The van der Waals surface area contributed by atoms with E-state index in [-0.39, 0.29) is 5.91 Å². The summed E-state index contributed by atoms with van der Waals surface area (Å²) in [5.74, 6) is 0.917. The number of ether oxygens (including phenoxy) is 1. The minimum Gasteiger partial charge on any atom is -0.497 e. The lowest BCUT2D eigenvalue weighted by Crippen LogP contribution is -2.49. The van der Waals surface area contributed by atoms with Crippen LogP contribution < -0.4 is 15.4 Å². The van der Waals surface area contributed by atoms with Gasteiger partial charge in [0.05, 0.1) is 18.4 Å². The smallest absolute Gasteiger partial charge is 0.256 e. The third-order valence-electron chi connectivity index (χ3n) is 5.65. The quantitative estimate of drug-likeness (QED) is 0.835. The maximum Gasteiger partial charge on any atom is 0.256 e. The van der Waals surface area contributed by atoms with Crippen LogP contribution in [0.3, 0.4) is 0 Å². The molecule has 6 nitrogen and oxygen atoms in total. The predicted octanol–water partition coefficient (Wildman–Crippen LogP) is 2.56. The van der Waals surface area contributed by atoms with Crippen molar-refractivity contribution < 1.29 is 9.53 Å². The molecule has 1 unspecified atom stereocenters. The largest absolute Gasteiger partial charge is 0.497 e. The predicted molar refractivity (Wildman–Crippen MR) is 111 cm³/mol. The van der Waals surface area contributed by atoms with Gasteiger partial charge in [-0.05, 0) is 42.8 Å². The Hall–Kier alpha value is -2.57. The van der Waals surface area contributed by atoms with E-state index in [1.165, 1.54) is 0 Å². The SMILES string of the molecule is COc1ccc(Nc2ccccc2C(=O)N2CCC(N3CCNCC3)C2)cc1. The van der Waals surface area contributed by atoms with Crippen LogP contribution in [0.5, 0.6) is 5.75 Å². The Morgan fingerprint density at radius 1 is 1.07 bits per heavy atom. The van der Waals surface area contributed by atoms with E-state index in [4.69, 9.17) is 4.74 Å². The molecule has 0 saturated carbocycles. The summed E-state index contributed by atoms with van der Waals surface area (Å²) in [5, 5.41) is 6.78. The van der Waals surface area contributed by atoms with Crippen LogP contribution >= 0.6 is 0 Å². The van der Waals surface area contributed by atoms with Crippen molar-refractivity contribution in [2.24, 2.45) is 0 Å². The normalized spacial score (nSPS) is 20.2. The number of anilines is 2. The molecule has 2 aromatic rings. The molecule has 2 heterocycles. The molecule has 0 aliphatic carbocycles. The number of para-hydroxylation sites is 1. The number of benzene rings is 2. The van der Waals surface area contributed by atoms with Crippen molar-refractivity contribution >= 4 is 17.3 Å². The second kappa shape index (κ2) is 8.63. The number of rotatable bonds is 5. The van der Waals surface area contributed by atoms with Gasteiger partial charge in [0.25, 0.3) is 5.91 Å². The zero-order valence-corrected chi connectivity index (χ0v) is 16.4. The Morgan fingerprint density at radius 3 is 2.57 bits per heavy atom. The van der Waals surface area contributed by atoms with Crippen molar-refractivity contribution in [2.45, 2.75) is 12.5 Å². The maximum absolute atomic E-state index is 13.2. The van der Waals surface area contributed by atoms with Gasteiger partial charge >= 0.3 is 0 Å². The first-order valence-corrected chi connectivity index (χ1v) is 9.99. The van der Waals surface area contributed by atoms with E-state index in [0.717, 1.165) is 68.4 Å². The summed E-state index contributed by atoms with van der Waals surface area (Å²) in [6.45, 7) is 5.86. The molecule has 4 rings (SSSR count). The van der Waals surface area contributed by atoms with Crippen LogP contribution in [-0.2, 0) is 0 Å². The lowest BCUT2D eigenvalue weighted by molar-refractivity contribution is 0.0774. The molecule has 0 bridgehead atoms. The fourth-order valence-corrected chi connectivity index (χ4v) is 4.05. The number of nitrogens with one attached hydrogen (secondary N) is 2. The molecule has 2 fully saturated rings. The standard InChI is InChI=1S/C22H28N4O2/c1-28-19-8-6-17(7-9-19)24-21-5-3-2-4-20(21)22(27)26-13-10-18(16-26)25-14-11-23-12-15-25/h2-9,18,23-24H,10-16H2,1H3. The molecule has 2 saturated heterocycles. The van der Waals surface area contributed by atoms with Gasteiger partial charge in [0.15, 0.2) is 0 Å². The Kier molecular flexibility index (Phi) is 5.78. The summed E-state index contributed by atoms with van der Waals surface area (Å²) < 4.78 is 5.21. The molecular formula is C22H28N4O2. The van der Waals surface area contributed by atoms with Crippen molar-refractivity contribution in [3.8, 4) is 5.75 Å². The average molecular weight is 380 g/mol. The molecule has 1 amide bonds. The van der Waals surface area contributed by atoms with E-state index < -0.39 is 0 Å². The second-order valence-corrected chi connectivity index (χ2v) is 7.38. The monoisotopic (exact) mass is 380 g/mol. The first-order chi connectivity index (χ1) is 13.7. The van der Waals surface area contributed by atoms with Crippen LogP contribution in [0.2, 0.25) is 0 Å². The third kappa shape index (κ3) is 4.13. The van der Waals surface area contributed by atoms with E-state index in [2.05, 4.69) is 15.5 Å². The van der Waals surface area contributed by atoms with Gasteiger partial charge in [-0.3, -0.25) is 9.69 Å². The van der Waals surface area contributed by atoms with Crippen molar-refractivity contribution in [3.05, 3.63) is 54.1 Å². The van der Waals surface area contributed by atoms with Crippen LogP contribution in [0.25, 0.3) is 0 Å². The van der Waals surface area contributed by atoms with Crippen molar-refractivity contribution in [2.75, 3.05) is 51.7 Å². The molecule has 0 aromatic heterocycles. The molecule has 1 atom stereocenters. The average Bonchev–Trinajstić information content (AvgIpc) is 3.25. The van der Waals surface area contributed by atoms with Gasteiger partial charge in [0, 0.05) is 51.0 Å². The molecule has 2 N–H and O–H groups in total. The van der Waals surface area contributed by atoms with E-state index in [1.54, 1.807) is 7.11 Å². The van der Waals surface area contributed by atoms with E-state index in [0.29, 0.717) is 6.04 Å². The highest BCUT2D eigenvalue weighted by atomic mass is 16.5. The topological polar surface area (TPSA) is 56.8 Å². The highest BCUT2D eigenvalue weighted by Crippen LogP contribution is 2.26.